The minimum absolute atomic E-state index is 0.430. The molecule has 0 saturated heterocycles. The molecule has 0 aromatic rings. The van der Waals surface area contributed by atoms with Gasteiger partial charge in [0.2, 0.25) is 0 Å². The second-order valence-electron chi connectivity index (χ2n) is 6.45. The molecule has 0 unspecified atom stereocenters. The van der Waals surface area contributed by atoms with Gasteiger partial charge in [-0.15, -0.1) is 0 Å². The van der Waals surface area contributed by atoms with Crippen LogP contribution in [0.4, 0.5) is 0 Å². The van der Waals surface area contributed by atoms with E-state index in [-0.39, 0.29) is 0 Å². The molecule has 0 aromatic carbocycles. The molecule has 0 spiro atoms. The van der Waals surface area contributed by atoms with Crippen LogP contribution in [0.15, 0.2) is 0 Å². The molecular formula is C19H42As2. The van der Waals surface area contributed by atoms with Gasteiger partial charge >= 0.3 is 146 Å². The normalized spacial score (nSPS) is 11.7. The van der Waals surface area contributed by atoms with E-state index in [1.165, 1.54) is 51.4 Å². The standard InChI is InChI=1S/C19H42As2/c1-5-9-14-20(15-10-6-2)18-13-19-21(16-11-7-3)17-12-8-4/h5-19H2,1-4H3. The van der Waals surface area contributed by atoms with Crippen molar-refractivity contribution >= 4 is 29.3 Å². The van der Waals surface area contributed by atoms with Gasteiger partial charge in [-0.3, -0.25) is 0 Å². The Morgan fingerprint density at radius 1 is 0.381 bits per heavy atom. The van der Waals surface area contributed by atoms with Crippen LogP contribution in [0.25, 0.3) is 0 Å². The molecule has 0 amide bonds. The zero-order chi connectivity index (χ0) is 15.8. The third-order valence-electron chi connectivity index (χ3n) is 4.26. The summed E-state index contributed by atoms with van der Waals surface area (Å²) < 4.78 is 0. The van der Waals surface area contributed by atoms with Crippen molar-refractivity contribution in [3.63, 3.8) is 0 Å². The first-order valence-electron chi connectivity index (χ1n) is 9.73. The predicted molar refractivity (Wildman–Crippen MR) is 105 cm³/mol. The van der Waals surface area contributed by atoms with Crippen molar-refractivity contribution in [2.45, 2.75) is 117 Å². The van der Waals surface area contributed by atoms with E-state index in [1.807, 2.05) is 0 Å². The van der Waals surface area contributed by atoms with E-state index < -0.39 is 29.3 Å². The van der Waals surface area contributed by atoms with Crippen molar-refractivity contribution in [2.75, 3.05) is 0 Å². The van der Waals surface area contributed by atoms with E-state index in [9.17, 15) is 0 Å². The van der Waals surface area contributed by atoms with Gasteiger partial charge in [0.05, 0.1) is 0 Å². The summed E-state index contributed by atoms with van der Waals surface area (Å²) in [7, 11) is 0. The zero-order valence-corrected chi connectivity index (χ0v) is 19.3. The summed E-state index contributed by atoms with van der Waals surface area (Å²) in [6, 6.07) is 0. The Balaban J connectivity index is 3.96. The van der Waals surface area contributed by atoms with Gasteiger partial charge in [0.25, 0.3) is 0 Å². The summed E-state index contributed by atoms with van der Waals surface area (Å²) in [4.78, 5) is 0. The van der Waals surface area contributed by atoms with Gasteiger partial charge in [-0.1, -0.05) is 0 Å². The molecule has 0 heterocycles. The van der Waals surface area contributed by atoms with Crippen LogP contribution in [0.3, 0.4) is 0 Å². The van der Waals surface area contributed by atoms with E-state index in [2.05, 4.69) is 27.7 Å². The van der Waals surface area contributed by atoms with E-state index >= 15 is 0 Å². The Morgan fingerprint density at radius 3 is 0.857 bits per heavy atom. The van der Waals surface area contributed by atoms with Crippen molar-refractivity contribution in [3.8, 4) is 0 Å². The average Bonchev–Trinajstić information content (AvgIpc) is 2.51. The third kappa shape index (κ3) is 14.4. The molecule has 0 atom stereocenters. The molecule has 0 aliphatic rings. The monoisotopic (exact) mass is 420 g/mol. The Bertz CT molecular complexity index is 158. The quantitative estimate of drug-likeness (QED) is 0.226. The van der Waals surface area contributed by atoms with Gasteiger partial charge in [-0.25, -0.2) is 0 Å². The van der Waals surface area contributed by atoms with Crippen LogP contribution in [0.1, 0.15) is 85.5 Å². The van der Waals surface area contributed by atoms with Crippen molar-refractivity contribution in [2.24, 2.45) is 0 Å². The van der Waals surface area contributed by atoms with Gasteiger partial charge < -0.3 is 0 Å². The molecule has 0 fully saturated rings. The first-order chi connectivity index (χ1) is 10.3. The van der Waals surface area contributed by atoms with Crippen molar-refractivity contribution in [1.82, 2.24) is 0 Å². The van der Waals surface area contributed by atoms with E-state index in [1.54, 1.807) is 37.7 Å². The van der Waals surface area contributed by atoms with Gasteiger partial charge in [0, 0.05) is 0 Å². The molecule has 0 rings (SSSR count). The van der Waals surface area contributed by atoms with Gasteiger partial charge in [0.15, 0.2) is 0 Å². The maximum absolute atomic E-state index is 2.37. The molecule has 0 aromatic heterocycles. The second-order valence-corrected chi connectivity index (χ2v) is 17.7. The van der Waals surface area contributed by atoms with E-state index in [4.69, 9.17) is 0 Å². The molecule has 21 heavy (non-hydrogen) atoms. The molecule has 0 N–H and O–H groups in total. The fourth-order valence-corrected chi connectivity index (χ4v) is 15.7. The average molecular weight is 420 g/mol. The van der Waals surface area contributed by atoms with Crippen molar-refractivity contribution in [3.05, 3.63) is 0 Å². The summed E-state index contributed by atoms with van der Waals surface area (Å²) in [5.41, 5.74) is 0. The number of hydrogen-bond acceptors (Lipinski definition) is 0. The van der Waals surface area contributed by atoms with Crippen LogP contribution >= 0.6 is 0 Å². The fourth-order valence-electron chi connectivity index (χ4n) is 2.72. The molecular weight excluding hydrogens is 378 g/mol. The molecule has 0 radical (unpaired) electrons. The summed E-state index contributed by atoms with van der Waals surface area (Å²) in [6.07, 6.45) is 13.4. The van der Waals surface area contributed by atoms with Crippen LogP contribution in [0.5, 0.6) is 0 Å². The first kappa shape index (κ1) is 22.1. The molecule has 0 saturated carbocycles. The predicted octanol–water partition coefficient (Wildman–Crippen LogP) is 7.57. The third-order valence-corrected chi connectivity index (χ3v) is 16.2. The summed E-state index contributed by atoms with van der Waals surface area (Å²) in [6.45, 7) is 9.47. The van der Waals surface area contributed by atoms with Gasteiger partial charge in [0.1, 0.15) is 0 Å². The zero-order valence-electron chi connectivity index (χ0n) is 15.5. The minimum atomic E-state index is -0.430. The summed E-state index contributed by atoms with van der Waals surface area (Å²) in [5.74, 6) is 0. The number of hydrogen-bond donors (Lipinski definition) is 0. The number of rotatable bonds is 16. The van der Waals surface area contributed by atoms with Gasteiger partial charge in [-0.2, -0.15) is 0 Å². The van der Waals surface area contributed by atoms with Crippen LogP contribution in [-0.4, -0.2) is 29.3 Å². The fraction of sp³-hybridized carbons (Fsp3) is 1.00. The SMILES string of the molecule is CCCC[As](CCCC)CCC[As](CCCC)CCCC. The van der Waals surface area contributed by atoms with Crippen LogP contribution in [0, 0.1) is 0 Å². The first-order valence-corrected chi connectivity index (χ1v) is 17.7. The van der Waals surface area contributed by atoms with E-state index in [0.29, 0.717) is 0 Å². The van der Waals surface area contributed by atoms with Crippen LogP contribution < -0.4 is 0 Å². The summed E-state index contributed by atoms with van der Waals surface area (Å²) >= 11 is -0.859. The topological polar surface area (TPSA) is 0 Å². The maximum atomic E-state index is 2.37. The molecule has 0 bridgehead atoms. The Morgan fingerprint density at radius 2 is 0.619 bits per heavy atom. The van der Waals surface area contributed by atoms with Crippen LogP contribution in [0.2, 0.25) is 31.3 Å². The molecule has 0 aliphatic heterocycles. The molecule has 0 aliphatic carbocycles. The van der Waals surface area contributed by atoms with Crippen molar-refractivity contribution < 1.29 is 0 Å². The summed E-state index contributed by atoms with van der Waals surface area (Å²) in [5, 5.41) is 9.99. The molecule has 2 heteroatoms. The Labute approximate surface area is 145 Å². The Hall–Kier alpha value is 1.12. The second kappa shape index (κ2) is 17.5. The van der Waals surface area contributed by atoms with Crippen molar-refractivity contribution in [1.29, 1.82) is 0 Å². The van der Waals surface area contributed by atoms with E-state index in [0.717, 1.165) is 0 Å². The molecule has 128 valence electrons. The van der Waals surface area contributed by atoms with Crippen LogP contribution in [-0.2, 0) is 0 Å². The van der Waals surface area contributed by atoms with Gasteiger partial charge in [-0.05, 0) is 0 Å². The number of unbranched alkanes of at least 4 members (excludes halogenated alkanes) is 4. The Kier molecular flexibility index (Phi) is 18.4. The molecule has 0 nitrogen and oxygen atoms in total.